The quantitative estimate of drug-likeness (QED) is 0.826. The first-order chi connectivity index (χ1) is 9.20. The number of alkyl halides is 1. The standard InChI is InChI=1S/C17H23FO/c1-2-3-11-4-7-15-14-9-6-13(19)10-12(14)5-8-16(15)17(11)18/h6,9-11,15-17,19H,2-5,7-8H2,1H3. The summed E-state index contributed by atoms with van der Waals surface area (Å²) in [6, 6.07) is 5.65. The highest BCUT2D eigenvalue weighted by Crippen LogP contribution is 2.49. The van der Waals surface area contributed by atoms with Crippen molar-refractivity contribution in [2.45, 2.75) is 57.5 Å². The first kappa shape index (κ1) is 13.0. The summed E-state index contributed by atoms with van der Waals surface area (Å²) in [4.78, 5) is 0. The van der Waals surface area contributed by atoms with Gasteiger partial charge in [-0.3, -0.25) is 0 Å². The molecule has 0 heterocycles. The van der Waals surface area contributed by atoms with Crippen LogP contribution in [0.2, 0.25) is 0 Å². The highest BCUT2D eigenvalue weighted by Gasteiger charge is 2.42. The van der Waals surface area contributed by atoms with Gasteiger partial charge in [0.1, 0.15) is 11.9 Å². The highest BCUT2D eigenvalue weighted by molar-refractivity contribution is 5.39. The number of hydrogen-bond donors (Lipinski definition) is 1. The van der Waals surface area contributed by atoms with Crippen LogP contribution in [-0.2, 0) is 6.42 Å². The number of hydrogen-bond acceptors (Lipinski definition) is 1. The monoisotopic (exact) mass is 262 g/mol. The number of aryl methyl sites for hydroxylation is 1. The van der Waals surface area contributed by atoms with Gasteiger partial charge < -0.3 is 5.11 Å². The lowest BCUT2D eigenvalue weighted by Gasteiger charge is -2.43. The molecule has 1 aromatic rings. The van der Waals surface area contributed by atoms with Crippen molar-refractivity contribution in [2.75, 3.05) is 0 Å². The minimum atomic E-state index is -0.624. The Balaban J connectivity index is 1.85. The van der Waals surface area contributed by atoms with Crippen molar-refractivity contribution in [1.82, 2.24) is 0 Å². The third-order valence-electron chi connectivity index (χ3n) is 5.16. The number of phenolic OH excluding ortho intramolecular Hbond substituents is 1. The lowest BCUT2D eigenvalue weighted by Crippen LogP contribution is -2.37. The maximum absolute atomic E-state index is 14.7. The van der Waals surface area contributed by atoms with Crippen LogP contribution in [0, 0.1) is 11.8 Å². The molecule has 0 bridgehead atoms. The largest absolute Gasteiger partial charge is 0.508 e. The average molecular weight is 262 g/mol. The molecule has 4 unspecified atom stereocenters. The van der Waals surface area contributed by atoms with Gasteiger partial charge in [-0.15, -0.1) is 0 Å². The van der Waals surface area contributed by atoms with Crippen molar-refractivity contribution in [3.05, 3.63) is 29.3 Å². The van der Waals surface area contributed by atoms with Gasteiger partial charge in [-0.25, -0.2) is 4.39 Å². The fourth-order valence-electron chi connectivity index (χ4n) is 4.25. The van der Waals surface area contributed by atoms with Crippen LogP contribution in [0.15, 0.2) is 18.2 Å². The molecule has 3 rings (SSSR count). The van der Waals surface area contributed by atoms with E-state index in [0.717, 1.165) is 38.5 Å². The zero-order valence-electron chi connectivity index (χ0n) is 11.6. The number of benzene rings is 1. The molecule has 0 spiro atoms. The van der Waals surface area contributed by atoms with Gasteiger partial charge in [0, 0.05) is 0 Å². The number of halogens is 1. The predicted octanol–water partition coefficient (Wildman–Crippen LogP) is 4.59. The zero-order valence-corrected chi connectivity index (χ0v) is 11.6. The summed E-state index contributed by atoms with van der Waals surface area (Å²) < 4.78 is 14.7. The Kier molecular flexibility index (Phi) is 3.51. The molecular formula is C17H23FO. The fourth-order valence-corrected chi connectivity index (χ4v) is 4.25. The van der Waals surface area contributed by atoms with Gasteiger partial charge in [-0.1, -0.05) is 19.4 Å². The molecule has 1 aromatic carbocycles. The van der Waals surface area contributed by atoms with E-state index in [1.54, 1.807) is 6.07 Å². The van der Waals surface area contributed by atoms with E-state index in [1.165, 1.54) is 11.1 Å². The van der Waals surface area contributed by atoms with Gasteiger partial charge in [0.05, 0.1) is 0 Å². The first-order valence-electron chi connectivity index (χ1n) is 7.66. The SMILES string of the molecule is CCCC1CCC2c3ccc(O)cc3CCC2C1F. The molecule has 0 amide bonds. The molecule has 0 saturated heterocycles. The summed E-state index contributed by atoms with van der Waals surface area (Å²) in [6.45, 7) is 2.15. The van der Waals surface area contributed by atoms with Gasteiger partial charge in [-0.05, 0) is 73.1 Å². The average Bonchev–Trinajstić information content (AvgIpc) is 2.41. The molecule has 0 aliphatic heterocycles. The van der Waals surface area contributed by atoms with Crippen molar-refractivity contribution in [1.29, 1.82) is 0 Å². The van der Waals surface area contributed by atoms with Gasteiger partial charge in [0.15, 0.2) is 0 Å². The minimum absolute atomic E-state index is 0.211. The van der Waals surface area contributed by atoms with Crippen molar-refractivity contribution in [3.8, 4) is 5.75 Å². The lowest BCUT2D eigenvalue weighted by atomic mass is 9.63. The summed E-state index contributed by atoms with van der Waals surface area (Å²) in [6.07, 6.45) is 5.51. The Hall–Kier alpha value is -1.05. The number of aromatic hydroxyl groups is 1. The van der Waals surface area contributed by atoms with E-state index in [-0.39, 0.29) is 11.8 Å². The molecule has 1 saturated carbocycles. The van der Waals surface area contributed by atoms with Crippen molar-refractivity contribution in [3.63, 3.8) is 0 Å². The fraction of sp³-hybridized carbons (Fsp3) is 0.647. The first-order valence-corrected chi connectivity index (χ1v) is 7.66. The van der Waals surface area contributed by atoms with Gasteiger partial charge in [-0.2, -0.15) is 0 Å². The maximum Gasteiger partial charge on any atom is 0.115 e. The van der Waals surface area contributed by atoms with E-state index < -0.39 is 6.17 Å². The Bertz CT molecular complexity index is 457. The second-order valence-corrected chi connectivity index (χ2v) is 6.26. The van der Waals surface area contributed by atoms with E-state index in [4.69, 9.17) is 0 Å². The molecule has 0 aromatic heterocycles. The third-order valence-corrected chi connectivity index (χ3v) is 5.16. The highest BCUT2D eigenvalue weighted by atomic mass is 19.1. The lowest BCUT2D eigenvalue weighted by molar-refractivity contribution is 0.0642. The zero-order chi connectivity index (χ0) is 13.4. The summed E-state index contributed by atoms with van der Waals surface area (Å²) in [5, 5.41) is 9.57. The number of fused-ring (bicyclic) bond motifs is 3. The van der Waals surface area contributed by atoms with E-state index >= 15 is 0 Å². The Morgan fingerprint density at radius 1 is 1.26 bits per heavy atom. The molecule has 104 valence electrons. The molecular weight excluding hydrogens is 239 g/mol. The Morgan fingerprint density at radius 3 is 2.89 bits per heavy atom. The van der Waals surface area contributed by atoms with Gasteiger partial charge in [0.2, 0.25) is 0 Å². The van der Waals surface area contributed by atoms with Crippen molar-refractivity contribution >= 4 is 0 Å². The molecule has 2 aliphatic rings. The Morgan fingerprint density at radius 2 is 2.11 bits per heavy atom. The van der Waals surface area contributed by atoms with Crippen LogP contribution >= 0.6 is 0 Å². The van der Waals surface area contributed by atoms with Crippen molar-refractivity contribution in [2.24, 2.45) is 11.8 Å². The Labute approximate surface area is 114 Å². The molecule has 1 fully saturated rings. The maximum atomic E-state index is 14.7. The van der Waals surface area contributed by atoms with Crippen LogP contribution in [0.4, 0.5) is 4.39 Å². The van der Waals surface area contributed by atoms with E-state index in [9.17, 15) is 9.50 Å². The third kappa shape index (κ3) is 2.26. The molecule has 0 radical (unpaired) electrons. The van der Waals surface area contributed by atoms with Crippen LogP contribution in [0.1, 0.15) is 56.1 Å². The summed E-state index contributed by atoms with van der Waals surface area (Å²) in [5.74, 6) is 1.22. The number of rotatable bonds is 2. The topological polar surface area (TPSA) is 20.2 Å². The molecule has 1 nitrogen and oxygen atoms in total. The molecule has 4 atom stereocenters. The second kappa shape index (κ2) is 5.15. The van der Waals surface area contributed by atoms with Crippen LogP contribution < -0.4 is 0 Å². The van der Waals surface area contributed by atoms with Crippen LogP contribution in [0.25, 0.3) is 0 Å². The van der Waals surface area contributed by atoms with Crippen LogP contribution in [-0.4, -0.2) is 11.3 Å². The van der Waals surface area contributed by atoms with Crippen LogP contribution in [0.3, 0.4) is 0 Å². The van der Waals surface area contributed by atoms with Gasteiger partial charge >= 0.3 is 0 Å². The molecule has 19 heavy (non-hydrogen) atoms. The summed E-state index contributed by atoms with van der Waals surface area (Å²) >= 11 is 0. The molecule has 2 heteroatoms. The minimum Gasteiger partial charge on any atom is -0.508 e. The molecule has 1 N–H and O–H groups in total. The number of phenols is 1. The van der Waals surface area contributed by atoms with E-state index in [2.05, 4.69) is 6.92 Å². The van der Waals surface area contributed by atoms with Gasteiger partial charge in [0.25, 0.3) is 0 Å². The van der Waals surface area contributed by atoms with Crippen LogP contribution in [0.5, 0.6) is 5.75 Å². The summed E-state index contributed by atoms with van der Waals surface area (Å²) in [5.41, 5.74) is 2.54. The van der Waals surface area contributed by atoms with Crippen molar-refractivity contribution < 1.29 is 9.50 Å². The smallest absolute Gasteiger partial charge is 0.115 e. The summed E-state index contributed by atoms with van der Waals surface area (Å²) in [7, 11) is 0. The normalized spacial score (nSPS) is 33.6. The second-order valence-electron chi connectivity index (χ2n) is 6.26. The predicted molar refractivity (Wildman–Crippen MR) is 75.2 cm³/mol. The molecule has 2 aliphatic carbocycles. The van der Waals surface area contributed by atoms with E-state index in [0.29, 0.717) is 11.7 Å². The van der Waals surface area contributed by atoms with E-state index in [1.807, 2.05) is 12.1 Å².